The lowest BCUT2D eigenvalue weighted by atomic mass is 10.0. The largest absolute Gasteiger partial charge is 0.179 e. The van der Waals surface area contributed by atoms with E-state index in [1.165, 1.54) is 104 Å². The molecule has 13 aromatic rings. The molecule has 0 unspecified atom stereocenters. The van der Waals surface area contributed by atoms with Gasteiger partial charge in [0.1, 0.15) is 0 Å². The highest BCUT2D eigenvalue weighted by Gasteiger charge is 2.44. The molecule has 4 heteroatoms. The van der Waals surface area contributed by atoms with Crippen molar-refractivity contribution in [2.45, 2.75) is 0 Å². The molecule has 2 aromatic heterocycles. The molecule has 2 heterocycles. The van der Waals surface area contributed by atoms with Gasteiger partial charge in [0.15, 0.2) is 16.1 Å². The van der Waals surface area contributed by atoms with Crippen LogP contribution >= 0.6 is 22.7 Å². The van der Waals surface area contributed by atoms with E-state index in [-0.39, 0.29) is 0 Å². The SMILES string of the molecule is c1ccc([Si](c2ccccc2)(c2ccc([Si](c3ccccc3)(c3ccccc3)c3cccc(-c4cccc5c4sc4ccccc45)c3)cc2)c2cccc(-c3cccc4c3sc3ccccc34)c2)cc1. The number of fused-ring (bicyclic) bond motifs is 6. The topological polar surface area (TPSA) is 0 Å². The van der Waals surface area contributed by atoms with E-state index in [0.29, 0.717) is 0 Å². The Morgan fingerprint density at radius 3 is 0.871 bits per heavy atom. The van der Waals surface area contributed by atoms with E-state index in [1.807, 2.05) is 22.7 Å². The second-order valence-corrected chi connectivity index (χ2v) is 28.0. The maximum atomic E-state index is 2.52. The summed E-state index contributed by atoms with van der Waals surface area (Å²) >= 11 is 3.80. The van der Waals surface area contributed by atoms with Crippen LogP contribution in [0.1, 0.15) is 0 Å². The molecule has 0 spiro atoms. The molecule has 0 amide bonds. The van der Waals surface area contributed by atoms with Crippen LogP contribution < -0.4 is 41.5 Å². The van der Waals surface area contributed by atoms with Crippen molar-refractivity contribution in [1.82, 2.24) is 0 Å². The van der Waals surface area contributed by atoms with E-state index in [2.05, 4.69) is 279 Å². The molecule has 0 aliphatic rings. The Kier molecular flexibility index (Phi) is 10.7. The standard InChI is InChI=1S/C66H46S2Si2/c1-5-23-49(24-6-1)69(50-25-7-2-8-26-50,55-31-17-21-47(45-55)57-35-19-37-61-59-33-13-15-39-63(59)67-65(57)61)53-41-43-54(44-42-53)70(51-27-9-3-10-28-51,52-29-11-4-12-30-52)56-32-18-22-48(46-56)58-36-20-38-62-60-34-14-16-40-64(60)68-66(58)62/h1-46H. The van der Waals surface area contributed by atoms with E-state index < -0.39 is 16.1 Å². The van der Waals surface area contributed by atoms with Crippen molar-refractivity contribution in [3.05, 3.63) is 279 Å². The third kappa shape index (κ3) is 6.82. The molecule has 0 fully saturated rings. The Morgan fingerprint density at radius 2 is 0.500 bits per heavy atom. The number of hydrogen-bond acceptors (Lipinski definition) is 2. The monoisotopic (exact) mass is 958 g/mol. The zero-order chi connectivity index (χ0) is 46.5. The Morgan fingerprint density at radius 1 is 0.214 bits per heavy atom. The van der Waals surface area contributed by atoms with Crippen molar-refractivity contribution in [3.8, 4) is 22.3 Å². The molecule has 0 aliphatic carbocycles. The van der Waals surface area contributed by atoms with Gasteiger partial charge in [0, 0.05) is 40.3 Å². The molecule has 330 valence electrons. The van der Waals surface area contributed by atoms with Gasteiger partial charge in [0.05, 0.1) is 0 Å². The molecule has 13 rings (SSSR count). The van der Waals surface area contributed by atoms with Crippen molar-refractivity contribution in [3.63, 3.8) is 0 Å². The van der Waals surface area contributed by atoms with Crippen LogP contribution in [0.3, 0.4) is 0 Å². The van der Waals surface area contributed by atoms with Crippen molar-refractivity contribution < 1.29 is 0 Å². The summed E-state index contributed by atoms with van der Waals surface area (Å²) in [5, 5.41) is 16.2. The summed E-state index contributed by atoms with van der Waals surface area (Å²) in [5.41, 5.74) is 5.07. The van der Waals surface area contributed by atoms with E-state index in [9.17, 15) is 0 Å². The lowest BCUT2D eigenvalue weighted by Crippen LogP contribution is -2.76. The Labute approximate surface area is 419 Å². The highest BCUT2D eigenvalue weighted by Crippen LogP contribution is 2.41. The molecule has 0 bridgehead atoms. The van der Waals surface area contributed by atoms with Gasteiger partial charge in [-0.05, 0) is 75.9 Å². The average molecular weight is 959 g/mol. The molecule has 0 nitrogen and oxygen atoms in total. The van der Waals surface area contributed by atoms with Gasteiger partial charge in [-0.1, -0.05) is 267 Å². The first-order chi connectivity index (χ1) is 34.7. The van der Waals surface area contributed by atoms with E-state index in [0.717, 1.165) is 0 Å². The predicted octanol–water partition coefficient (Wildman–Crippen LogP) is 12.5. The summed E-state index contributed by atoms with van der Waals surface area (Å²) in [6.07, 6.45) is 0. The summed E-state index contributed by atoms with van der Waals surface area (Å²) in [7, 11) is -5.91. The van der Waals surface area contributed by atoms with E-state index in [4.69, 9.17) is 0 Å². The van der Waals surface area contributed by atoms with Crippen LogP contribution in [0.2, 0.25) is 0 Å². The number of hydrogen-bond donors (Lipinski definition) is 0. The molecule has 0 saturated carbocycles. The lowest BCUT2D eigenvalue weighted by molar-refractivity contribution is 1.64. The Hall–Kier alpha value is -7.71. The second-order valence-electron chi connectivity index (χ2n) is 18.3. The fourth-order valence-electron chi connectivity index (χ4n) is 11.5. The molecule has 11 aromatic carbocycles. The summed E-state index contributed by atoms with van der Waals surface area (Å²) in [5.74, 6) is 0. The molecule has 0 radical (unpaired) electrons. The molecule has 70 heavy (non-hydrogen) atoms. The highest BCUT2D eigenvalue weighted by molar-refractivity contribution is 7.27. The Balaban J connectivity index is 1.04. The maximum absolute atomic E-state index is 2.96. The molecule has 0 aliphatic heterocycles. The summed E-state index contributed by atoms with van der Waals surface area (Å²) in [6, 6.07) is 106. The van der Waals surface area contributed by atoms with Gasteiger partial charge in [-0.3, -0.25) is 0 Å². The lowest BCUT2D eigenvalue weighted by Gasteiger charge is -2.37. The number of rotatable bonds is 10. The molecular weight excluding hydrogens is 913 g/mol. The first-order valence-electron chi connectivity index (χ1n) is 24.1. The first kappa shape index (κ1) is 42.4. The molecule has 0 saturated heterocycles. The van der Waals surface area contributed by atoms with Crippen LogP contribution in [-0.2, 0) is 0 Å². The van der Waals surface area contributed by atoms with Crippen LogP contribution in [0, 0.1) is 0 Å². The van der Waals surface area contributed by atoms with Crippen LogP contribution in [0.5, 0.6) is 0 Å². The van der Waals surface area contributed by atoms with Crippen LogP contribution in [-0.4, -0.2) is 16.1 Å². The summed E-state index contributed by atoms with van der Waals surface area (Å²) in [6.45, 7) is 0. The van der Waals surface area contributed by atoms with Crippen molar-refractivity contribution in [1.29, 1.82) is 0 Å². The fraction of sp³-hybridized carbons (Fsp3) is 0. The molecule has 0 atom stereocenters. The van der Waals surface area contributed by atoms with Gasteiger partial charge < -0.3 is 0 Å². The maximum Gasteiger partial charge on any atom is 0.179 e. The Bertz CT molecular complexity index is 3650. The summed E-state index contributed by atoms with van der Waals surface area (Å²) < 4.78 is 5.32. The van der Waals surface area contributed by atoms with Gasteiger partial charge in [-0.25, -0.2) is 0 Å². The zero-order valence-electron chi connectivity index (χ0n) is 38.4. The van der Waals surface area contributed by atoms with Crippen molar-refractivity contribution in [2.24, 2.45) is 0 Å². The van der Waals surface area contributed by atoms with Gasteiger partial charge >= 0.3 is 0 Å². The van der Waals surface area contributed by atoms with Crippen molar-refractivity contribution in [2.75, 3.05) is 0 Å². The molecular formula is C66H46S2Si2. The van der Waals surface area contributed by atoms with Crippen LogP contribution in [0.25, 0.3) is 62.6 Å². The number of benzene rings is 11. The van der Waals surface area contributed by atoms with E-state index in [1.54, 1.807) is 0 Å². The fourth-order valence-corrected chi connectivity index (χ4v) is 23.5. The van der Waals surface area contributed by atoms with Gasteiger partial charge in [-0.15, -0.1) is 22.7 Å². The number of thiophene rings is 2. The van der Waals surface area contributed by atoms with Crippen LogP contribution in [0.4, 0.5) is 0 Å². The predicted molar refractivity (Wildman–Crippen MR) is 310 cm³/mol. The van der Waals surface area contributed by atoms with Gasteiger partial charge in [-0.2, -0.15) is 0 Å². The van der Waals surface area contributed by atoms with Gasteiger partial charge in [0.2, 0.25) is 0 Å². The average Bonchev–Trinajstić information content (AvgIpc) is 4.02. The highest BCUT2D eigenvalue weighted by atomic mass is 32.1. The van der Waals surface area contributed by atoms with Crippen molar-refractivity contribution >= 4 is 121 Å². The minimum atomic E-state index is -2.96. The molecule has 0 N–H and O–H groups in total. The minimum absolute atomic E-state index is 1.25. The summed E-state index contributed by atoms with van der Waals surface area (Å²) in [4.78, 5) is 0. The smallest absolute Gasteiger partial charge is 0.135 e. The quantitative estimate of drug-likeness (QED) is 0.0946. The van der Waals surface area contributed by atoms with Crippen LogP contribution in [0.15, 0.2) is 279 Å². The first-order valence-corrected chi connectivity index (χ1v) is 29.7. The third-order valence-electron chi connectivity index (χ3n) is 14.6. The third-order valence-corrected chi connectivity index (χ3v) is 26.6. The second kappa shape index (κ2) is 17.7. The van der Waals surface area contributed by atoms with E-state index >= 15 is 0 Å². The van der Waals surface area contributed by atoms with Gasteiger partial charge in [0.25, 0.3) is 0 Å². The minimum Gasteiger partial charge on any atom is -0.135 e. The zero-order valence-corrected chi connectivity index (χ0v) is 42.0. The normalized spacial score (nSPS) is 12.0.